The summed E-state index contributed by atoms with van der Waals surface area (Å²) in [7, 11) is -4.36. The predicted molar refractivity (Wildman–Crippen MR) is 160 cm³/mol. The van der Waals surface area contributed by atoms with Gasteiger partial charge >= 0.3 is 12.1 Å². The number of aliphatic hydroxyl groups is 1. The van der Waals surface area contributed by atoms with Crippen molar-refractivity contribution in [2.24, 2.45) is 5.92 Å². The van der Waals surface area contributed by atoms with Crippen LogP contribution >= 0.6 is 0 Å². The van der Waals surface area contributed by atoms with Gasteiger partial charge in [-0.2, -0.15) is 13.2 Å². The van der Waals surface area contributed by atoms with Crippen LogP contribution in [0.2, 0.25) is 0 Å². The molecular formula is C34H32F5NO7S. The third kappa shape index (κ3) is 5.62. The Labute approximate surface area is 273 Å². The zero-order valence-corrected chi connectivity index (χ0v) is 26.3. The fraction of sp³-hybridized carbons (Fsp3) is 0.412. The minimum atomic E-state index is -4.82. The fourth-order valence-corrected chi connectivity index (χ4v) is 9.98. The quantitative estimate of drug-likeness (QED) is 0.238. The number of aliphatic carboxylic acids is 1. The number of sulfone groups is 1. The normalized spacial score (nSPS) is 25.7. The Bertz CT molecular complexity index is 1860. The standard InChI is InChI=1S/C34H32F5NO7S/c35-22-5-8-24(9-6-22)48(45,46)33-16-17-40(31(43)32(44)14-12-20(13-15-32)30(41)42)29(33)11-4-21-18-23(7-10-26(21)33)47-19-25-27(34(37,38)39)2-1-3-28(25)36/h1-3,5-10,18,20,29,44H,4,11-17,19H2,(H,41,42)/t20-,29-,32+,33-/m1/s1. The predicted octanol–water partition coefficient (Wildman–Crippen LogP) is 5.78. The van der Waals surface area contributed by atoms with Crippen LogP contribution in [0, 0.1) is 17.6 Å². The van der Waals surface area contributed by atoms with Crippen LogP contribution in [0.4, 0.5) is 22.0 Å². The number of likely N-dealkylation sites (tertiary alicyclic amines) is 1. The lowest BCUT2D eigenvalue weighted by Gasteiger charge is -2.44. The first-order chi connectivity index (χ1) is 22.6. The number of hydrogen-bond donors (Lipinski definition) is 2. The molecule has 3 aromatic carbocycles. The third-order valence-electron chi connectivity index (χ3n) is 10.1. The Morgan fingerprint density at radius 1 is 0.958 bits per heavy atom. The molecule has 1 saturated carbocycles. The smallest absolute Gasteiger partial charge is 0.416 e. The summed E-state index contributed by atoms with van der Waals surface area (Å²) in [6, 6.07) is 10.3. The van der Waals surface area contributed by atoms with Gasteiger partial charge in [0, 0.05) is 12.1 Å². The number of fused-ring (bicyclic) bond motifs is 3. The first kappa shape index (κ1) is 33.8. The van der Waals surface area contributed by atoms with Gasteiger partial charge in [0.25, 0.3) is 5.91 Å². The number of hydrogen-bond acceptors (Lipinski definition) is 6. The lowest BCUT2D eigenvalue weighted by atomic mass is 9.76. The van der Waals surface area contributed by atoms with Gasteiger partial charge in [0.2, 0.25) is 0 Å². The fourth-order valence-electron chi connectivity index (χ4n) is 7.61. The molecule has 256 valence electrons. The van der Waals surface area contributed by atoms with E-state index in [1.54, 1.807) is 0 Å². The Morgan fingerprint density at radius 2 is 1.65 bits per heavy atom. The van der Waals surface area contributed by atoms with Crippen molar-refractivity contribution in [1.29, 1.82) is 0 Å². The molecule has 2 aliphatic carbocycles. The molecule has 1 saturated heterocycles. The SMILES string of the molecule is O=C(O)[C@H]1CC[C@](O)(C(=O)N2CC[C@@]3(S(=O)(=O)c4ccc(F)cc4)c4ccc(OCc5c(F)cccc5C(F)(F)F)cc4CC[C@@H]23)CC1. The highest BCUT2D eigenvalue weighted by Gasteiger charge is 2.62. The van der Waals surface area contributed by atoms with Gasteiger partial charge in [0.1, 0.15) is 34.3 Å². The summed E-state index contributed by atoms with van der Waals surface area (Å²) < 4.78 is 102. The van der Waals surface area contributed by atoms with E-state index in [4.69, 9.17) is 4.74 Å². The lowest BCUT2D eigenvalue weighted by molar-refractivity contribution is -0.160. The van der Waals surface area contributed by atoms with Gasteiger partial charge in [-0.3, -0.25) is 9.59 Å². The summed E-state index contributed by atoms with van der Waals surface area (Å²) in [5.74, 6) is -4.07. The molecule has 3 aromatic rings. The summed E-state index contributed by atoms with van der Waals surface area (Å²) in [6.45, 7) is -0.786. The number of nitrogens with zero attached hydrogens (tertiary/aromatic N) is 1. The lowest BCUT2D eigenvalue weighted by Crippen LogP contribution is -2.57. The van der Waals surface area contributed by atoms with Crippen molar-refractivity contribution in [3.8, 4) is 5.75 Å². The highest BCUT2D eigenvalue weighted by Crippen LogP contribution is 2.54. The molecule has 1 heterocycles. The van der Waals surface area contributed by atoms with Crippen molar-refractivity contribution in [1.82, 2.24) is 4.90 Å². The molecule has 2 N–H and O–H groups in total. The zero-order chi connectivity index (χ0) is 34.6. The molecule has 2 fully saturated rings. The number of carbonyl (C=O) groups excluding carboxylic acids is 1. The first-order valence-electron chi connectivity index (χ1n) is 15.5. The molecule has 1 aliphatic heterocycles. The van der Waals surface area contributed by atoms with Crippen LogP contribution in [0.5, 0.6) is 5.75 Å². The van der Waals surface area contributed by atoms with Crippen molar-refractivity contribution >= 4 is 21.7 Å². The van der Waals surface area contributed by atoms with Crippen molar-refractivity contribution in [2.45, 2.75) is 79.0 Å². The van der Waals surface area contributed by atoms with Crippen molar-refractivity contribution in [3.05, 3.63) is 94.6 Å². The van der Waals surface area contributed by atoms with Crippen LogP contribution in [0.1, 0.15) is 60.8 Å². The monoisotopic (exact) mass is 693 g/mol. The summed E-state index contributed by atoms with van der Waals surface area (Å²) in [5, 5.41) is 20.8. The number of alkyl halides is 3. The van der Waals surface area contributed by atoms with Crippen LogP contribution in [0.3, 0.4) is 0 Å². The molecule has 14 heteroatoms. The minimum Gasteiger partial charge on any atom is -0.489 e. The maximum Gasteiger partial charge on any atom is 0.416 e. The van der Waals surface area contributed by atoms with E-state index in [9.17, 15) is 50.2 Å². The number of benzene rings is 3. The maximum absolute atomic E-state index is 14.6. The van der Waals surface area contributed by atoms with Crippen LogP contribution in [-0.4, -0.2) is 53.6 Å². The Hall–Kier alpha value is -4.04. The minimum absolute atomic E-state index is 0.0419. The average molecular weight is 694 g/mol. The summed E-state index contributed by atoms with van der Waals surface area (Å²) in [5.41, 5.74) is -2.91. The molecule has 0 aromatic heterocycles. The van der Waals surface area contributed by atoms with E-state index in [0.29, 0.717) is 11.1 Å². The second-order valence-corrected chi connectivity index (χ2v) is 14.9. The topological polar surface area (TPSA) is 121 Å². The number of halogens is 5. The van der Waals surface area contributed by atoms with E-state index in [2.05, 4.69) is 0 Å². The van der Waals surface area contributed by atoms with Gasteiger partial charge in [-0.05, 0) is 105 Å². The Morgan fingerprint density at radius 3 is 2.29 bits per heavy atom. The number of carbonyl (C=O) groups is 2. The molecule has 48 heavy (non-hydrogen) atoms. The van der Waals surface area contributed by atoms with Crippen molar-refractivity contribution < 1.29 is 54.9 Å². The number of rotatable bonds is 7. The maximum atomic E-state index is 14.6. The third-order valence-corrected chi connectivity index (χ3v) is 12.6. The molecular weight excluding hydrogens is 661 g/mol. The largest absolute Gasteiger partial charge is 0.489 e. The van der Waals surface area contributed by atoms with E-state index in [1.807, 2.05) is 0 Å². The highest BCUT2D eigenvalue weighted by atomic mass is 32.2. The van der Waals surface area contributed by atoms with Crippen LogP contribution in [0.15, 0.2) is 65.6 Å². The average Bonchev–Trinajstić information content (AvgIpc) is 3.45. The van der Waals surface area contributed by atoms with E-state index >= 15 is 0 Å². The molecule has 0 bridgehead atoms. The second-order valence-electron chi connectivity index (χ2n) is 12.7. The van der Waals surface area contributed by atoms with Gasteiger partial charge in [0.15, 0.2) is 9.84 Å². The molecule has 0 spiro atoms. The van der Waals surface area contributed by atoms with E-state index < -0.39 is 79.6 Å². The van der Waals surface area contributed by atoms with E-state index in [-0.39, 0.29) is 62.1 Å². The van der Waals surface area contributed by atoms with E-state index in [0.717, 1.165) is 42.5 Å². The summed E-state index contributed by atoms with van der Waals surface area (Å²) >= 11 is 0. The van der Waals surface area contributed by atoms with Gasteiger partial charge in [-0.25, -0.2) is 17.2 Å². The molecule has 0 unspecified atom stereocenters. The van der Waals surface area contributed by atoms with Crippen LogP contribution in [-0.2, 0) is 43.4 Å². The van der Waals surface area contributed by atoms with Crippen molar-refractivity contribution in [3.63, 3.8) is 0 Å². The first-order valence-corrected chi connectivity index (χ1v) is 16.9. The Balaban J connectivity index is 1.36. The van der Waals surface area contributed by atoms with Crippen LogP contribution < -0.4 is 4.74 Å². The van der Waals surface area contributed by atoms with E-state index in [1.165, 1.54) is 23.1 Å². The summed E-state index contributed by atoms with van der Waals surface area (Å²) in [6.07, 6.45) is -4.57. The number of ether oxygens (including phenoxy) is 1. The van der Waals surface area contributed by atoms with Gasteiger partial charge in [-0.1, -0.05) is 12.1 Å². The molecule has 1 amide bonds. The van der Waals surface area contributed by atoms with Gasteiger partial charge in [0.05, 0.1) is 22.4 Å². The second kappa shape index (κ2) is 12.1. The number of carboxylic acids is 1. The number of carboxylic acid groups (broad SMARTS) is 1. The van der Waals surface area contributed by atoms with Gasteiger partial charge < -0.3 is 19.8 Å². The molecule has 0 radical (unpaired) electrons. The Kier molecular flexibility index (Phi) is 8.55. The molecule has 6 rings (SSSR count). The summed E-state index contributed by atoms with van der Waals surface area (Å²) in [4.78, 5) is 26.6. The number of aryl methyl sites for hydroxylation is 1. The number of amides is 1. The molecule has 8 nitrogen and oxygen atoms in total. The van der Waals surface area contributed by atoms with Crippen LogP contribution in [0.25, 0.3) is 0 Å². The molecule has 3 aliphatic rings. The molecule has 2 atom stereocenters. The van der Waals surface area contributed by atoms with Gasteiger partial charge in [-0.15, -0.1) is 0 Å². The zero-order valence-electron chi connectivity index (χ0n) is 25.5. The highest BCUT2D eigenvalue weighted by molar-refractivity contribution is 7.92. The van der Waals surface area contributed by atoms with Crippen molar-refractivity contribution in [2.75, 3.05) is 6.54 Å².